The van der Waals surface area contributed by atoms with Gasteiger partial charge in [0.15, 0.2) is 5.43 Å². The minimum atomic E-state index is -0.0706. The monoisotopic (exact) mass is 300 g/mol. The summed E-state index contributed by atoms with van der Waals surface area (Å²) in [7, 11) is 1.80. The maximum Gasteiger partial charge on any atom is 0.255 e. The van der Waals surface area contributed by atoms with Crippen LogP contribution in [0.5, 0.6) is 0 Å². The second-order valence-electron chi connectivity index (χ2n) is 5.96. The maximum atomic E-state index is 12.7. The lowest BCUT2D eigenvalue weighted by Crippen LogP contribution is -2.32. The number of nitrogens with one attached hydrogen (secondary N) is 1. The van der Waals surface area contributed by atoms with Crippen LogP contribution in [-0.4, -0.2) is 42.6 Å². The molecule has 1 aliphatic heterocycles. The molecule has 5 heteroatoms. The fourth-order valence-corrected chi connectivity index (χ4v) is 2.98. The third-order valence-corrected chi connectivity index (χ3v) is 4.13. The highest BCUT2D eigenvalue weighted by Gasteiger charge is 2.22. The number of pyridine rings is 1. The van der Waals surface area contributed by atoms with Crippen LogP contribution < -0.4 is 5.43 Å². The molecule has 1 amide bonds. The molecular weight excluding hydrogens is 280 g/mol. The Balaban J connectivity index is 1.94. The molecule has 1 saturated heterocycles. The Labute approximate surface area is 128 Å². The molecule has 1 aromatic carbocycles. The van der Waals surface area contributed by atoms with Gasteiger partial charge in [-0.1, -0.05) is 6.07 Å². The van der Waals surface area contributed by atoms with E-state index in [1.165, 1.54) is 0 Å². The standard InChI is InChI=1S/C17H20N2O3/c1-11-8-15(20)13-4-3-5-14(16(13)18-11)17(21)19(2)9-12-6-7-22-10-12/h3-5,8,12H,6-7,9-10H2,1-2H3,(H,18,20)/t12-/m1/s1. The zero-order chi connectivity index (χ0) is 15.7. The Morgan fingerprint density at radius 2 is 2.27 bits per heavy atom. The summed E-state index contributed by atoms with van der Waals surface area (Å²) in [6.07, 6.45) is 0.989. The summed E-state index contributed by atoms with van der Waals surface area (Å²) < 4.78 is 5.36. The van der Waals surface area contributed by atoms with Crippen molar-refractivity contribution in [3.8, 4) is 0 Å². The molecule has 5 nitrogen and oxygen atoms in total. The zero-order valence-electron chi connectivity index (χ0n) is 12.9. The van der Waals surface area contributed by atoms with Crippen LogP contribution in [0.15, 0.2) is 29.1 Å². The van der Waals surface area contributed by atoms with Gasteiger partial charge in [-0.05, 0) is 25.5 Å². The molecule has 2 heterocycles. The molecule has 1 N–H and O–H groups in total. The number of carbonyl (C=O) groups excluding carboxylic acids is 1. The third kappa shape index (κ3) is 2.76. The number of aromatic nitrogens is 1. The summed E-state index contributed by atoms with van der Waals surface area (Å²) in [5, 5.41) is 0.550. The number of benzene rings is 1. The Hall–Kier alpha value is -2.14. The van der Waals surface area contributed by atoms with E-state index in [9.17, 15) is 9.59 Å². The van der Waals surface area contributed by atoms with Crippen LogP contribution in [0, 0.1) is 12.8 Å². The van der Waals surface area contributed by atoms with Crippen LogP contribution >= 0.6 is 0 Å². The summed E-state index contributed by atoms with van der Waals surface area (Å²) in [6.45, 7) is 3.98. The molecule has 0 aliphatic carbocycles. The highest BCUT2D eigenvalue weighted by atomic mass is 16.5. The van der Waals surface area contributed by atoms with E-state index in [4.69, 9.17) is 4.74 Å². The van der Waals surface area contributed by atoms with E-state index in [0.717, 1.165) is 18.7 Å². The summed E-state index contributed by atoms with van der Waals surface area (Å²) in [4.78, 5) is 29.7. The van der Waals surface area contributed by atoms with E-state index in [1.807, 2.05) is 6.92 Å². The number of carbonyl (C=O) groups is 1. The van der Waals surface area contributed by atoms with Gasteiger partial charge in [0.05, 0.1) is 17.7 Å². The van der Waals surface area contributed by atoms with Gasteiger partial charge in [0.25, 0.3) is 5.91 Å². The average Bonchev–Trinajstić information content (AvgIpc) is 2.98. The first-order chi connectivity index (χ1) is 10.6. The normalized spacial score (nSPS) is 17.8. The van der Waals surface area contributed by atoms with Crippen molar-refractivity contribution in [2.24, 2.45) is 5.92 Å². The molecule has 22 heavy (non-hydrogen) atoms. The van der Waals surface area contributed by atoms with Gasteiger partial charge in [-0.2, -0.15) is 0 Å². The number of nitrogens with zero attached hydrogens (tertiary/aromatic N) is 1. The molecule has 0 bridgehead atoms. The van der Waals surface area contributed by atoms with Gasteiger partial charge >= 0.3 is 0 Å². The van der Waals surface area contributed by atoms with Crippen LogP contribution in [0.1, 0.15) is 22.5 Å². The van der Waals surface area contributed by atoms with E-state index in [1.54, 1.807) is 36.2 Å². The molecule has 116 valence electrons. The lowest BCUT2D eigenvalue weighted by molar-refractivity contribution is 0.0768. The first kappa shape index (κ1) is 14.8. The molecule has 1 atom stereocenters. The fourth-order valence-electron chi connectivity index (χ4n) is 2.98. The minimum Gasteiger partial charge on any atom is -0.381 e. The van der Waals surface area contributed by atoms with Crippen LogP contribution in [0.3, 0.4) is 0 Å². The number of aryl methyl sites for hydroxylation is 1. The van der Waals surface area contributed by atoms with E-state index in [2.05, 4.69) is 4.98 Å². The van der Waals surface area contributed by atoms with E-state index >= 15 is 0 Å². The van der Waals surface area contributed by atoms with Crippen LogP contribution in [0.2, 0.25) is 0 Å². The second-order valence-corrected chi connectivity index (χ2v) is 5.96. The molecule has 0 spiro atoms. The number of fused-ring (bicyclic) bond motifs is 1. The van der Waals surface area contributed by atoms with Crippen LogP contribution in [0.25, 0.3) is 10.9 Å². The van der Waals surface area contributed by atoms with Gasteiger partial charge in [0, 0.05) is 43.3 Å². The number of rotatable bonds is 3. The lowest BCUT2D eigenvalue weighted by atomic mass is 10.1. The number of hydrogen-bond acceptors (Lipinski definition) is 3. The van der Waals surface area contributed by atoms with Crippen molar-refractivity contribution in [3.05, 3.63) is 45.7 Å². The number of ether oxygens (including phenoxy) is 1. The number of amides is 1. The molecule has 1 aromatic heterocycles. The molecule has 0 saturated carbocycles. The largest absolute Gasteiger partial charge is 0.381 e. The molecule has 1 fully saturated rings. The van der Waals surface area contributed by atoms with Gasteiger partial charge in [0.1, 0.15) is 0 Å². The number of H-pyrrole nitrogens is 1. The Kier molecular flexibility index (Phi) is 3.98. The second kappa shape index (κ2) is 5.93. The molecule has 0 radical (unpaired) electrons. The van der Waals surface area contributed by atoms with Gasteiger partial charge < -0.3 is 14.6 Å². The lowest BCUT2D eigenvalue weighted by Gasteiger charge is -2.21. The minimum absolute atomic E-state index is 0.0623. The van der Waals surface area contributed by atoms with Crippen LogP contribution in [-0.2, 0) is 4.74 Å². The first-order valence-corrected chi connectivity index (χ1v) is 7.52. The Bertz CT molecular complexity index is 760. The van der Waals surface area contributed by atoms with Gasteiger partial charge in [-0.15, -0.1) is 0 Å². The quantitative estimate of drug-likeness (QED) is 0.942. The topological polar surface area (TPSA) is 62.4 Å². The summed E-state index contributed by atoms with van der Waals surface area (Å²) >= 11 is 0. The van der Waals surface area contributed by atoms with Crippen molar-refractivity contribution in [1.29, 1.82) is 0 Å². The Morgan fingerprint density at radius 1 is 1.45 bits per heavy atom. The van der Waals surface area contributed by atoms with E-state index in [0.29, 0.717) is 35.5 Å². The molecule has 0 unspecified atom stereocenters. The molecule has 1 aliphatic rings. The summed E-state index contributed by atoms with van der Waals surface area (Å²) in [5.74, 6) is 0.323. The number of aromatic amines is 1. The van der Waals surface area contributed by atoms with Crippen molar-refractivity contribution in [1.82, 2.24) is 9.88 Å². The summed E-state index contributed by atoms with van der Waals surface area (Å²) in [6, 6.07) is 6.82. The highest BCUT2D eigenvalue weighted by Crippen LogP contribution is 2.18. The number of para-hydroxylation sites is 1. The van der Waals surface area contributed by atoms with Gasteiger partial charge in [-0.25, -0.2) is 0 Å². The predicted octanol–water partition coefficient (Wildman–Crippen LogP) is 1.95. The SMILES string of the molecule is Cc1cc(=O)c2cccc(C(=O)N(C)C[C@H]3CCOC3)c2[nH]1. The van der Waals surface area contributed by atoms with Crippen molar-refractivity contribution in [3.63, 3.8) is 0 Å². The van der Waals surface area contributed by atoms with E-state index < -0.39 is 0 Å². The highest BCUT2D eigenvalue weighted by molar-refractivity contribution is 6.05. The smallest absolute Gasteiger partial charge is 0.255 e. The summed E-state index contributed by atoms with van der Waals surface area (Å²) in [5.41, 5.74) is 1.85. The molecule has 3 rings (SSSR count). The van der Waals surface area contributed by atoms with Crippen molar-refractivity contribution >= 4 is 16.8 Å². The molecular formula is C17H20N2O3. The third-order valence-electron chi connectivity index (χ3n) is 4.13. The van der Waals surface area contributed by atoms with Crippen molar-refractivity contribution in [2.45, 2.75) is 13.3 Å². The first-order valence-electron chi connectivity index (χ1n) is 7.52. The van der Waals surface area contributed by atoms with Gasteiger partial charge in [0.2, 0.25) is 0 Å². The van der Waals surface area contributed by atoms with E-state index in [-0.39, 0.29) is 11.3 Å². The number of hydrogen-bond donors (Lipinski definition) is 1. The predicted molar refractivity (Wildman–Crippen MR) is 85.2 cm³/mol. The fraction of sp³-hybridized carbons (Fsp3) is 0.412. The maximum absolute atomic E-state index is 12.7. The molecule has 2 aromatic rings. The van der Waals surface area contributed by atoms with Crippen molar-refractivity contribution in [2.75, 3.05) is 26.8 Å². The Morgan fingerprint density at radius 3 is 3.00 bits per heavy atom. The van der Waals surface area contributed by atoms with Crippen LogP contribution in [0.4, 0.5) is 0 Å². The van der Waals surface area contributed by atoms with Crippen molar-refractivity contribution < 1.29 is 9.53 Å². The van der Waals surface area contributed by atoms with Gasteiger partial charge in [-0.3, -0.25) is 9.59 Å². The average molecular weight is 300 g/mol. The zero-order valence-corrected chi connectivity index (χ0v) is 12.9.